The molecule has 2 saturated heterocycles. The summed E-state index contributed by atoms with van der Waals surface area (Å²) >= 11 is 0. The summed E-state index contributed by atoms with van der Waals surface area (Å²) < 4.78 is 37.1. The zero-order valence-electron chi connectivity index (χ0n) is 18.2. The average Bonchev–Trinajstić information content (AvgIpc) is 2.76. The molecule has 13 heteroatoms. The molecule has 2 fully saturated rings. The molecular weight excluding hydrogens is 431 g/mol. The summed E-state index contributed by atoms with van der Waals surface area (Å²) in [5.41, 5.74) is 0.0763. The van der Waals surface area contributed by atoms with Crippen LogP contribution in [0.3, 0.4) is 0 Å². The van der Waals surface area contributed by atoms with Crippen LogP contribution in [-0.4, -0.2) is 129 Å². The van der Waals surface area contributed by atoms with Gasteiger partial charge in [0.25, 0.3) is 0 Å². The van der Waals surface area contributed by atoms with Gasteiger partial charge in [0.05, 0.1) is 0 Å². The zero-order valence-corrected chi connectivity index (χ0v) is 18.2. The first-order chi connectivity index (χ1) is 15.2. The van der Waals surface area contributed by atoms with E-state index in [1.165, 1.54) is 21.1 Å². The van der Waals surface area contributed by atoms with Crippen LogP contribution in [0.4, 0.5) is 0 Å². The Hall–Kier alpha value is -1.42. The molecule has 0 aromatic rings. The first-order valence-corrected chi connectivity index (χ1v) is 9.95. The van der Waals surface area contributed by atoms with E-state index < -0.39 is 67.4 Å². The molecule has 12 nitrogen and oxygen atoms in total. The van der Waals surface area contributed by atoms with Gasteiger partial charge in [-0.2, -0.15) is 0 Å². The normalized spacial score (nSPS) is 39.7. The van der Waals surface area contributed by atoms with Crippen molar-refractivity contribution in [2.75, 3.05) is 27.4 Å². The Morgan fingerprint density at radius 2 is 1.50 bits per heavy atom. The average molecular weight is 462 g/mol. The van der Waals surface area contributed by atoms with Crippen molar-refractivity contribution < 1.29 is 58.3 Å². The number of aliphatic hydroxyl groups is 4. The number of esters is 1. The van der Waals surface area contributed by atoms with Crippen molar-refractivity contribution in [1.82, 2.24) is 0 Å². The quantitative estimate of drug-likeness (QED) is 0.149. The standard InChI is InChI=1S/C19H31BO12/c1-8(2)17(25)31-15-11(21)10(29-18(27-5)13(15)23)7-28-19-14(24)16(32-20-3)12(22)9(30-19)6-26-4/h9-16,18-19,21-24H,1,3,6-7H2,2,4-5H3/t9?,10?,11-,12-,13?,14?,15+,16+,18+,19+/m1/s1. The Labute approximate surface area is 186 Å². The van der Waals surface area contributed by atoms with Crippen LogP contribution in [-0.2, 0) is 37.9 Å². The fraction of sp³-hybridized carbons (Fsp3) is 0.789. The predicted molar refractivity (Wildman–Crippen MR) is 109 cm³/mol. The number of carbonyl (C=O) groups is 1. The minimum absolute atomic E-state index is 0.00975. The van der Waals surface area contributed by atoms with Gasteiger partial charge >= 0.3 is 172 Å². The second-order valence-corrected chi connectivity index (χ2v) is 7.49. The summed E-state index contributed by atoms with van der Waals surface area (Å²) in [6.07, 6.45) is -12.6. The van der Waals surface area contributed by atoms with E-state index in [4.69, 9.17) is 33.1 Å². The maximum atomic E-state index is 11.9. The van der Waals surface area contributed by atoms with Crippen LogP contribution >= 0.6 is 0 Å². The van der Waals surface area contributed by atoms with Gasteiger partial charge < -0.3 is 0 Å². The van der Waals surface area contributed by atoms with Crippen LogP contribution in [0.15, 0.2) is 12.2 Å². The van der Waals surface area contributed by atoms with Crippen molar-refractivity contribution >= 4 is 19.6 Å². The fourth-order valence-electron chi connectivity index (χ4n) is 3.40. The molecule has 32 heavy (non-hydrogen) atoms. The number of rotatable bonds is 10. The number of carbonyl (C=O) groups excluding carboxylic acids is 1. The summed E-state index contributed by atoms with van der Waals surface area (Å²) in [5.74, 6) is -0.809. The number of ether oxygens (including phenoxy) is 6. The Balaban J connectivity index is 2.11. The van der Waals surface area contributed by atoms with Gasteiger partial charge in [0.15, 0.2) is 0 Å². The van der Waals surface area contributed by atoms with Gasteiger partial charge in [-0.3, -0.25) is 0 Å². The van der Waals surface area contributed by atoms with Gasteiger partial charge in [-0.15, -0.1) is 0 Å². The van der Waals surface area contributed by atoms with Gasteiger partial charge in [0, 0.05) is 0 Å². The molecule has 0 saturated carbocycles. The van der Waals surface area contributed by atoms with Gasteiger partial charge in [0.1, 0.15) is 0 Å². The molecular formula is C19H31BO12. The molecule has 2 aliphatic heterocycles. The molecule has 0 aromatic carbocycles. The van der Waals surface area contributed by atoms with Crippen LogP contribution in [0.2, 0.25) is 0 Å². The monoisotopic (exact) mass is 462 g/mol. The molecule has 0 aliphatic carbocycles. The van der Waals surface area contributed by atoms with Crippen LogP contribution in [0.25, 0.3) is 0 Å². The van der Waals surface area contributed by atoms with E-state index >= 15 is 0 Å². The van der Waals surface area contributed by atoms with Gasteiger partial charge in [0.2, 0.25) is 0 Å². The number of methoxy groups -OCH3 is 2. The van der Waals surface area contributed by atoms with E-state index in [0.29, 0.717) is 0 Å². The Morgan fingerprint density at radius 3 is 2.06 bits per heavy atom. The molecule has 10 atom stereocenters. The summed E-state index contributed by atoms with van der Waals surface area (Å²) in [7, 11) is 3.75. The molecule has 0 amide bonds. The van der Waals surface area contributed by atoms with Gasteiger partial charge in [-0.05, 0) is 6.92 Å². The van der Waals surface area contributed by atoms with Crippen molar-refractivity contribution in [3.8, 4) is 0 Å². The van der Waals surface area contributed by atoms with Crippen LogP contribution in [0, 0.1) is 0 Å². The first-order valence-electron chi connectivity index (χ1n) is 9.95. The summed E-state index contributed by atoms with van der Waals surface area (Å²) in [6, 6.07) is 0. The Kier molecular flexibility index (Phi) is 10.2. The third-order valence-electron chi connectivity index (χ3n) is 5.12. The predicted octanol–water partition coefficient (Wildman–Crippen LogP) is -2.89. The van der Waals surface area contributed by atoms with Crippen molar-refractivity contribution in [3.63, 3.8) is 0 Å². The van der Waals surface area contributed by atoms with E-state index in [-0.39, 0.29) is 18.8 Å². The second-order valence-electron chi connectivity index (χ2n) is 7.49. The van der Waals surface area contributed by atoms with E-state index in [1.807, 2.05) is 0 Å². The molecule has 0 spiro atoms. The summed E-state index contributed by atoms with van der Waals surface area (Å²) in [4.78, 5) is 11.9. The molecule has 0 aromatic heterocycles. The second kappa shape index (κ2) is 12.2. The fourth-order valence-corrected chi connectivity index (χ4v) is 3.40. The molecule has 2 aliphatic rings. The molecule has 2 heterocycles. The van der Waals surface area contributed by atoms with Crippen LogP contribution in [0.1, 0.15) is 6.92 Å². The van der Waals surface area contributed by atoms with Crippen molar-refractivity contribution in [3.05, 3.63) is 12.2 Å². The molecule has 4 N–H and O–H groups in total. The maximum absolute atomic E-state index is 11.9. The number of aliphatic hydroxyl groups excluding tert-OH is 4. The number of hydrogen-bond donors (Lipinski definition) is 4. The minimum atomic E-state index is -1.50. The molecule has 4 unspecified atom stereocenters. The third kappa shape index (κ3) is 6.13. The number of hydrogen-bond acceptors (Lipinski definition) is 12. The molecule has 182 valence electrons. The van der Waals surface area contributed by atoms with E-state index in [1.54, 1.807) is 0 Å². The molecule has 2 rings (SSSR count). The molecule has 0 radical (unpaired) electrons. The van der Waals surface area contributed by atoms with Crippen LogP contribution < -0.4 is 0 Å². The van der Waals surface area contributed by atoms with Crippen molar-refractivity contribution in [1.29, 1.82) is 0 Å². The Morgan fingerprint density at radius 1 is 0.938 bits per heavy atom. The summed E-state index contributed by atoms with van der Waals surface area (Å²) in [5, 5.41) is 41.8. The van der Waals surface area contributed by atoms with Gasteiger partial charge in [-0.25, -0.2) is 0 Å². The van der Waals surface area contributed by atoms with E-state index in [0.717, 1.165) is 7.12 Å². The third-order valence-corrected chi connectivity index (χ3v) is 5.12. The van der Waals surface area contributed by atoms with Gasteiger partial charge in [-0.1, -0.05) is 6.58 Å². The van der Waals surface area contributed by atoms with Crippen LogP contribution in [0.5, 0.6) is 0 Å². The SMILES string of the molecule is C=BO[C@@H]1C(O)[C@@H](OCC2O[C@H](OC)C(O)[C@@H](OC(=O)C(=C)C)[C@@H]2O)OC(COC)[C@H]1O. The van der Waals surface area contributed by atoms with E-state index in [9.17, 15) is 25.2 Å². The zero-order chi connectivity index (χ0) is 24.0. The molecule has 0 bridgehead atoms. The first kappa shape index (κ1) is 26.8. The Bertz CT molecular complexity index is 648. The topological polar surface area (TPSA) is 163 Å². The summed E-state index contributed by atoms with van der Waals surface area (Å²) in [6.45, 7) is 7.94. The van der Waals surface area contributed by atoms with Crippen molar-refractivity contribution in [2.45, 2.75) is 68.3 Å². The van der Waals surface area contributed by atoms with E-state index in [2.05, 4.69) is 13.0 Å². The van der Waals surface area contributed by atoms with Crippen molar-refractivity contribution in [2.24, 2.45) is 0 Å².